The van der Waals surface area contributed by atoms with E-state index in [1.165, 1.54) is 4.91 Å². The molecule has 2 aromatic carbocycles. The average molecular weight is 349 g/mol. The number of benzene rings is 2. The van der Waals surface area contributed by atoms with Crippen LogP contribution in [0.25, 0.3) is 0 Å². The topological polar surface area (TPSA) is 46.7 Å². The van der Waals surface area contributed by atoms with Gasteiger partial charge in [-0.05, 0) is 48.7 Å². The number of fused-ring (bicyclic) bond motifs is 2. The van der Waals surface area contributed by atoms with Crippen LogP contribution in [0.5, 0.6) is 0 Å². The first-order chi connectivity index (χ1) is 12.3. The summed E-state index contributed by atoms with van der Waals surface area (Å²) < 4.78 is 6.04. The third kappa shape index (κ3) is 2.80. The first-order valence-corrected chi connectivity index (χ1v) is 9.01. The summed E-state index contributed by atoms with van der Waals surface area (Å²) >= 11 is 1.73. The molecule has 3 aliphatic rings. The SMILES string of the molecule is C1=CC2=C(CC1)Sc1ccc(C=Nc3ccccc3)cc1C1(OO1)O2. The Hall–Kier alpha value is -2.34. The molecule has 0 unspecified atom stereocenters. The van der Waals surface area contributed by atoms with Crippen molar-refractivity contribution in [3.8, 4) is 0 Å². The predicted molar refractivity (Wildman–Crippen MR) is 96.3 cm³/mol. The molecule has 5 rings (SSSR count). The maximum atomic E-state index is 6.04. The van der Waals surface area contributed by atoms with Gasteiger partial charge in [0.2, 0.25) is 0 Å². The van der Waals surface area contributed by atoms with Crippen LogP contribution in [0.15, 0.2) is 81.2 Å². The van der Waals surface area contributed by atoms with Crippen molar-refractivity contribution >= 4 is 23.7 Å². The lowest BCUT2D eigenvalue weighted by atomic mass is 10.1. The van der Waals surface area contributed by atoms with Gasteiger partial charge in [-0.25, -0.2) is 0 Å². The second-order valence-corrected chi connectivity index (χ2v) is 7.14. The van der Waals surface area contributed by atoms with Gasteiger partial charge in [-0.15, -0.1) is 9.78 Å². The van der Waals surface area contributed by atoms with Crippen LogP contribution in [0.4, 0.5) is 5.69 Å². The Morgan fingerprint density at radius 2 is 1.96 bits per heavy atom. The van der Waals surface area contributed by atoms with E-state index < -0.39 is 5.97 Å². The monoisotopic (exact) mass is 349 g/mol. The van der Waals surface area contributed by atoms with E-state index in [4.69, 9.17) is 14.5 Å². The summed E-state index contributed by atoms with van der Waals surface area (Å²) in [4.78, 5) is 17.3. The molecule has 1 fully saturated rings. The molecule has 0 amide bonds. The van der Waals surface area contributed by atoms with Gasteiger partial charge < -0.3 is 4.74 Å². The Labute approximate surface area is 149 Å². The van der Waals surface area contributed by atoms with Crippen LogP contribution in [0, 0.1) is 0 Å². The highest BCUT2D eigenvalue weighted by Crippen LogP contribution is 2.53. The molecule has 1 spiro atoms. The molecule has 0 aromatic heterocycles. The predicted octanol–water partition coefficient (Wildman–Crippen LogP) is 5.19. The van der Waals surface area contributed by atoms with Crippen LogP contribution in [0.2, 0.25) is 0 Å². The van der Waals surface area contributed by atoms with E-state index in [1.807, 2.05) is 48.7 Å². The Balaban J connectivity index is 1.50. The summed E-state index contributed by atoms with van der Waals surface area (Å²) in [5, 5.41) is 0. The summed E-state index contributed by atoms with van der Waals surface area (Å²) in [5.41, 5.74) is 2.77. The standard InChI is InChI=1S/C20H15NO3S/c1-2-6-15(7-3-1)21-13-14-10-11-18-16(12-14)20(23-24-20)22-17-8-4-5-9-19(17)25-18/h1-4,6-8,10-13H,5,9H2. The maximum absolute atomic E-state index is 6.04. The third-order valence-corrected chi connectivity index (χ3v) is 5.47. The molecule has 2 aromatic rings. The third-order valence-electron chi connectivity index (χ3n) is 4.25. The van der Waals surface area contributed by atoms with Crippen LogP contribution >= 0.6 is 11.8 Å². The van der Waals surface area contributed by atoms with E-state index >= 15 is 0 Å². The molecule has 0 N–H and O–H groups in total. The normalized spacial score (nSPS) is 20.2. The minimum Gasteiger partial charge on any atom is -0.431 e. The molecule has 0 bridgehead atoms. The van der Waals surface area contributed by atoms with Crippen molar-refractivity contribution in [1.82, 2.24) is 0 Å². The molecule has 25 heavy (non-hydrogen) atoms. The average Bonchev–Trinajstić information content (AvgIpc) is 3.45. The number of ether oxygens (including phenoxy) is 1. The van der Waals surface area contributed by atoms with Crippen LogP contribution < -0.4 is 0 Å². The Kier molecular flexibility index (Phi) is 3.52. The molecule has 2 heterocycles. The Morgan fingerprint density at radius 1 is 1.08 bits per heavy atom. The molecule has 5 heteroatoms. The van der Waals surface area contributed by atoms with Gasteiger partial charge in [-0.2, -0.15) is 0 Å². The van der Waals surface area contributed by atoms with Crippen molar-refractivity contribution in [1.29, 1.82) is 0 Å². The lowest BCUT2D eigenvalue weighted by Crippen LogP contribution is -2.13. The van der Waals surface area contributed by atoms with Crippen molar-refractivity contribution in [2.24, 2.45) is 4.99 Å². The van der Waals surface area contributed by atoms with Crippen molar-refractivity contribution < 1.29 is 14.5 Å². The largest absolute Gasteiger partial charge is 0.431 e. The van der Waals surface area contributed by atoms with Gasteiger partial charge >= 0.3 is 5.97 Å². The summed E-state index contributed by atoms with van der Waals surface area (Å²) in [6.45, 7) is 0. The zero-order valence-electron chi connectivity index (χ0n) is 13.3. The Bertz CT molecular complexity index is 914. The van der Waals surface area contributed by atoms with E-state index in [2.05, 4.69) is 23.2 Å². The number of aliphatic imine (C=N–C) groups is 1. The second-order valence-electron chi connectivity index (χ2n) is 6.00. The number of thioether (sulfide) groups is 1. The number of rotatable bonds is 2. The molecule has 124 valence electrons. The van der Waals surface area contributed by atoms with Gasteiger partial charge in [-0.3, -0.25) is 4.99 Å². The first kappa shape index (κ1) is 15.0. The zero-order chi connectivity index (χ0) is 16.7. The lowest BCUT2D eigenvalue weighted by molar-refractivity contribution is -0.00908. The highest BCUT2D eigenvalue weighted by Gasteiger charge is 2.57. The quantitative estimate of drug-likeness (QED) is 0.425. The van der Waals surface area contributed by atoms with Gasteiger partial charge in [0.1, 0.15) is 5.76 Å². The minimum absolute atomic E-state index is 0.837. The van der Waals surface area contributed by atoms with Crippen molar-refractivity contribution in [3.63, 3.8) is 0 Å². The highest BCUT2D eigenvalue weighted by molar-refractivity contribution is 8.03. The fourth-order valence-corrected chi connectivity index (χ4v) is 4.05. The molecule has 2 aliphatic heterocycles. The fraction of sp³-hybridized carbons (Fsp3) is 0.150. The molecular weight excluding hydrogens is 334 g/mol. The van der Waals surface area contributed by atoms with E-state index in [9.17, 15) is 0 Å². The van der Waals surface area contributed by atoms with Gasteiger partial charge in [0.15, 0.2) is 0 Å². The molecular formula is C20H15NO3S. The smallest absolute Gasteiger partial charge is 0.411 e. The second kappa shape index (κ2) is 5.88. The number of hydrogen-bond donors (Lipinski definition) is 0. The van der Waals surface area contributed by atoms with Crippen molar-refractivity contribution in [3.05, 3.63) is 82.5 Å². The maximum Gasteiger partial charge on any atom is 0.411 e. The fourth-order valence-electron chi connectivity index (χ4n) is 2.93. The summed E-state index contributed by atoms with van der Waals surface area (Å²) in [7, 11) is 0. The van der Waals surface area contributed by atoms with Gasteiger partial charge in [0.25, 0.3) is 0 Å². The summed E-state index contributed by atoms with van der Waals surface area (Å²) in [6, 6.07) is 16.0. The molecule has 1 saturated heterocycles. The summed E-state index contributed by atoms with van der Waals surface area (Å²) in [5.74, 6) is -0.276. The molecule has 4 nitrogen and oxygen atoms in total. The lowest BCUT2D eigenvalue weighted by Gasteiger charge is -2.13. The number of nitrogens with zero attached hydrogens (tertiary/aromatic N) is 1. The minimum atomic E-state index is -1.11. The van der Waals surface area contributed by atoms with Gasteiger partial charge in [0.05, 0.1) is 11.3 Å². The molecule has 0 saturated carbocycles. The van der Waals surface area contributed by atoms with Gasteiger partial charge in [-0.1, -0.05) is 42.1 Å². The van der Waals surface area contributed by atoms with Crippen LogP contribution in [0.1, 0.15) is 24.0 Å². The zero-order valence-corrected chi connectivity index (χ0v) is 14.2. The first-order valence-electron chi connectivity index (χ1n) is 8.19. The number of hydrogen-bond acceptors (Lipinski definition) is 5. The number of allylic oxidation sites excluding steroid dienone is 3. The summed E-state index contributed by atoms with van der Waals surface area (Å²) in [6.07, 6.45) is 7.96. The molecule has 0 radical (unpaired) electrons. The van der Waals surface area contributed by atoms with Crippen molar-refractivity contribution in [2.75, 3.05) is 0 Å². The molecule has 1 aliphatic carbocycles. The van der Waals surface area contributed by atoms with E-state index in [0.717, 1.165) is 40.3 Å². The molecule has 0 atom stereocenters. The van der Waals surface area contributed by atoms with Gasteiger partial charge in [0, 0.05) is 16.0 Å². The Morgan fingerprint density at radius 3 is 2.80 bits per heavy atom. The van der Waals surface area contributed by atoms with Crippen LogP contribution in [-0.4, -0.2) is 6.21 Å². The number of para-hydroxylation sites is 1. The van der Waals surface area contributed by atoms with E-state index in [0.29, 0.717) is 0 Å². The van der Waals surface area contributed by atoms with Crippen LogP contribution in [-0.2, 0) is 20.5 Å². The van der Waals surface area contributed by atoms with Crippen LogP contribution in [0.3, 0.4) is 0 Å². The van der Waals surface area contributed by atoms with E-state index in [1.54, 1.807) is 11.8 Å². The van der Waals surface area contributed by atoms with Crippen molar-refractivity contribution in [2.45, 2.75) is 23.7 Å². The highest BCUT2D eigenvalue weighted by atomic mass is 32.2. The van der Waals surface area contributed by atoms with E-state index in [-0.39, 0.29) is 0 Å².